The van der Waals surface area contributed by atoms with E-state index in [0.717, 1.165) is 25.2 Å². The Bertz CT molecular complexity index is 722. The molecule has 1 atom stereocenters. The molecule has 0 spiro atoms. The zero-order valence-corrected chi connectivity index (χ0v) is 14.6. The summed E-state index contributed by atoms with van der Waals surface area (Å²) in [5, 5.41) is 6.91. The summed E-state index contributed by atoms with van der Waals surface area (Å²) in [5.74, 6) is 0.959. The number of aryl methyl sites for hydroxylation is 1. The van der Waals surface area contributed by atoms with E-state index in [0.29, 0.717) is 24.3 Å². The Balaban J connectivity index is 1.79. The number of likely N-dealkylation sites (tertiary alicyclic amines) is 1. The molecule has 0 aliphatic carbocycles. The van der Waals surface area contributed by atoms with Crippen LogP contribution >= 0.6 is 0 Å². The predicted molar refractivity (Wildman–Crippen MR) is 87.0 cm³/mol. The lowest BCUT2D eigenvalue weighted by Crippen LogP contribution is -2.47. The Hall–Kier alpha value is -2.22. The maximum atomic E-state index is 11.7. The number of carbonyl (C=O) groups is 1. The van der Waals surface area contributed by atoms with Gasteiger partial charge in [0, 0.05) is 38.8 Å². The summed E-state index contributed by atoms with van der Waals surface area (Å²) >= 11 is 0. The van der Waals surface area contributed by atoms with E-state index in [1.807, 2.05) is 12.5 Å². The summed E-state index contributed by atoms with van der Waals surface area (Å²) in [6.45, 7) is 9.81. The summed E-state index contributed by atoms with van der Waals surface area (Å²) in [6.07, 6.45) is 4.50. The molecule has 2 aromatic heterocycles. The molecule has 1 aliphatic rings. The van der Waals surface area contributed by atoms with Crippen molar-refractivity contribution in [2.45, 2.75) is 52.2 Å². The van der Waals surface area contributed by atoms with Gasteiger partial charge in [0.05, 0.1) is 12.0 Å². The molecule has 24 heavy (non-hydrogen) atoms. The summed E-state index contributed by atoms with van der Waals surface area (Å²) < 4.78 is 7.54. The highest BCUT2D eigenvalue weighted by Crippen LogP contribution is 2.32. The fourth-order valence-electron chi connectivity index (χ4n) is 3.33. The Kier molecular flexibility index (Phi) is 4.40. The number of amides is 1. The summed E-state index contributed by atoms with van der Waals surface area (Å²) in [5.41, 5.74) is 0.542. The second-order valence-corrected chi connectivity index (χ2v) is 6.76. The predicted octanol–water partition coefficient (Wildman–Crippen LogP) is 1.39. The fourth-order valence-corrected chi connectivity index (χ4v) is 3.33. The molecule has 1 unspecified atom stereocenters. The largest absolute Gasteiger partial charge is 0.341 e. The van der Waals surface area contributed by atoms with Crippen LogP contribution in [0.15, 0.2) is 17.0 Å². The Morgan fingerprint density at radius 2 is 2.29 bits per heavy atom. The highest BCUT2D eigenvalue weighted by molar-refractivity contribution is 5.74. The van der Waals surface area contributed by atoms with Gasteiger partial charge in [0.15, 0.2) is 5.82 Å². The van der Waals surface area contributed by atoms with Crippen LogP contribution in [0.3, 0.4) is 0 Å². The third-order valence-electron chi connectivity index (χ3n) is 4.39. The van der Waals surface area contributed by atoms with Gasteiger partial charge in [-0.3, -0.25) is 9.69 Å². The highest BCUT2D eigenvalue weighted by atomic mass is 16.5. The summed E-state index contributed by atoms with van der Waals surface area (Å²) in [7, 11) is 0. The van der Waals surface area contributed by atoms with Gasteiger partial charge in [-0.2, -0.15) is 4.98 Å². The molecule has 1 amide bonds. The molecule has 2 aromatic rings. The topological polar surface area (TPSA) is 89.1 Å². The second-order valence-electron chi connectivity index (χ2n) is 6.76. The number of hydrogen-bond donors (Lipinski definition) is 1. The number of aromatic nitrogens is 4. The van der Waals surface area contributed by atoms with Crippen molar-refractivity contribution in [2.75, 3.05) is 13.1 Å². The number of nitrogens with one attached hydrogen (secondary N) is 1. The maximum Gasteiger partial charge on any atom is 0.253 e. The van der Waals surface area contributed by atoms with Crippen LogP contribution in [0.4, 0.5) is 0 Å². The fraction of sp³-hybridized carbons (Fsp3) is 0.625. The van der Waals surface area contributed by atoms with Gasteiger partial charge >= 0.3 is 0 Å². The SMILES string of the molecule is CC(=O)NC1(c2nc(C)no2)CCN(Cc2cncn2C(C)C)C1. The minimum Gasteiger partial charge on any atom is -0.341 e. The van der Waals surface area contributed by atoms with E-state index < -0.39 is 5.54 Å². The van der Waals surface area contributed by atoms with Crippen molar-refractivity contribution in [3.8, 4) is 0 Å². The standard InChI is InChI=1S/C16H24N6O2/c1-11(2)22-10-17-7-14(22)8-21-6-5-16(9-21,19-13(4)23)15-18-12(3)20-24-15/h7,10-11H,5-6,8-9H2,1-4H3,(H,19,23). The van der Waals surface area contributed by atoms with Crippen LogP contribution in [-0.2, 0) is 16.9 Å². The molecule has 1 aliphatic heterocycles. The maximum absolute atomic E-state index is 11.7. The zero-order valence-electron chi connectivity index (χ0n) is 14.6. The van der Waals surface area contributed by atoms with E-state index in [1.165, 1.54) is 6.92 Å². The van der Waals surface area contributed by atoms with Crippen LogP contribution in [0.5, 0.6) is 0 Å². The van der Waals surface area contributed by atoms with Crippen LogP contribution in [0.25, 0.3) is 0 Å². The first-order chi connectivity index (χ1) is 11.4. The number of rotatable bonds is 5. The lowest BCUT2D eigenvalue weighted by atomic mass is 9.98. The lowest BCUT2D eigenvalue weighted by Gasteiger charge is -2.26. The van der Waals surface area contributed by atoms with E-state index in [9.17, 15) is 4.79 Å². The highest BCUT2D eigenvalue weighted by Gasteiger charge is 2.45. The van der Waals surface area contributed by atoms with E-state index in [4.69, 9.17) is 4.52 Å². The smallest absolute Gasteiger partial charge is 0.253 e. The molecule has 0 radical (unpaired) electrons. The zero-order chi connectivity index (χ0) is 17.3. The van der Waals surface area contributed by atoms with E-state index in [1.54, 1.807) is 6.92 Å². The second kappa shape index (κ2) is 6.35. The normalized spacial score (nSPS) is 21.5. The average Bonchev–Trinajstić information content (AvgIpc) is 3.19. The van der Waals surface area contributed by atoms with Crippen LogP contribution < -0.4 is 5.32 Å². The van der Waals surface area contributed by atoms with E-state index >= 15 is 0 Å². The van der Waals surface area contributed by atoms with Gasteiger partial charge in [-0.15, -0.1) is 0 Å². The Morgan fingerprint density at radius 1 is 1.50 bits per heavy atom. The Morgan fingerprint density at radius 3 is 2.92 bits per heavy atom. The molecule has 1 saturated heterocycles. The molecule has 130 valence electrons. The Labute approximate surface area is 141 Å². The van der Waals surface area contributed by atoms with Gasteiger partial charge in [-0.1, -0.05) is 5.16 Å². The van der Waals surface area contributed by atoms with Crippen molar-refractivity contribution in [1.29, 1.82) is 0 Å². The van der Waals surface area contributed by atoms with E-state index in [2.05, 4.69) is 43.8 Å². The first-order valence-electron chi connectivity index (χ1n) is 8.22. The summed E-state index contributed by atoms with van der Waals surface area (Å²) in [6, 6.07) is 0.365. The number of carbonyl (C=O) groups excluding carboxylic acids is 1. The van der Waals surface area contributed by atoms with Crippen molar-refractivity contribution in [1.82, 2.24) is 29.9 Å². The minimum absolute atomic E-state index is 0.0973. The number of nitrogens with zero attached hydrogens (tertiary/aromatic N) is 5. The number of imidazole rings is 1. The molecular formula is C16H24N6O2. The molecule has 8 heteroatoms. The molecule has 8 nitrogen and oxygen atoms in total. The summed E-state index contributed by atoms with van der Waals surface area (Å²) in [4.78, 5) is 22.6. The van der Waals surface area contributed by atoms with Crippen LogP contribution in [0.2, 0.25) is 0 Å². The van der Waals surface area contributed by atoms with Gasteiger partial charge in [0.25, 0.3) is 5.89 Å². The van der Waals surface area contributed by atoms with Gasteiger partial charge in [0.2, 0.25) is 5.91 Å². The first-order valence-corrected chi connectivity index (χ1v) is 8.22. The third-order valence-corrected chi connectivity index (χ3v) is 4.39. The average molecular weight is 332 g/mol. The van der Waals surface area contributed by atoms with Gasteiger partial charge in [-0.05, 0) is 27.2 Å². The van der Waals surface area contributed by atoms with Crippen molar-refractivity contribution in [3.63, 3.8) is 0 Å². The van der Waals surface area contributed by atoms with Crippen molar-refractivity contribution >= 4 is 5.91 Å². The number of hydrogen-bond acceptors (Lipinski definition) is 6. The molecule has 0 aromatic carbocycles. The molecule has 1 N–H and O–H groups in total. The van der Waals surface area contributed by atoms with Crippen LogP contribution in [-0.4, -0.2) is 43.6 Å². The molecule has 0 saturated carbocycles. The monoisotopic (exact) mass is 332 g/mol. The van der Waals surface area contributed by atoms with E-state index in [-0.39, 0.29) is 5.91 Å². The van der Waals surface area contributed by atoms with Crippen LogP contribution in [0, 0.1) is 6.92 Å². The van der Waals surface area contributed by atoms with Crippen molar-refractivity contribution in [3.05, 3.63) is 29.9 Å². The molecule has 3 heterocycles. The van der Waals surface area contributed by atoms with Gasteiger partial charge < -0.3 is 14.4 Å². The lowest BCUT2D eigenvalue weighted by molar-refractivity contribution is -0.121. The van der Waals surface area contributed by atoms with Gasteiger partial charge in [-0.25, -0.2) is 4.98 Å². The molecule has 0 bridgehead atoms. The van der Waals surface area contributed by atoms with Crippen molar-refractivity contribution < 1.29 is 9.32 Å². The van der Waals surface area contributed by atoms with Crippen molar-refractivity contribution in [2.24, 2.45) is 0 Å². The first kappa shape index (κ1) is 16.6. The molecule has 1 fully saturated rings. The van der Waals surface area contributed by atoms with Crippen LogP contribution in [0.1, 0.15) is 50.6 Å². The molecule has 3 rings (SSSR count). The third kappa shape index (κ3) is 3.19. The van der Waals surface area contributed by atoms with Gasteiger partial charge in [0.1, 0.15) is 5.54 Å². The minimum atomic E-state index is -0.615. The molecular weight excluding hydrogens is 308 g/mol. The quantitative estimate of drug-likeness (QED) is 0.890.